The highest BCUT2D eigenvalue weighted by Crippen LogP contribution is 2.25. The van der Waals surface area contributed by atoms with E-state index in [1.54, 1.807) is 0 Å². The van der Waals surface area contributed by atoms with Crippen LogP contribution in [0.1, 0.15) is 28.0 Å². The Morgan fingerprint density at radius 1 is 1.57 bits per heavy atom. The van der Waals surface area contributed by atoms with Gasteiger partial charge in [0.2, 0.25) is 0 Å². The molecule has 5 heteroatoms. The van der Waals surface area contributed by atoms with Crippen LogP contribution in [0.5, 0.6) is 0 Å². The maximum Gasteiger partial charge on any atom is 0.338 e. The summed E-state index contributed by atoms with van der Waals surface area (Å²) in [7, 11) is 1.15. The second-order valence-corrected chi connectivity index (χ2v) is 2.65. The Balaban J connectivity index is 3.28. The van der Waals surface area contributed by atoms with Crippen molar-refractivity contribution in [3.63, 3.8) is 0 Å². The first-order valence-corrected chi connectivity index (χ1v) is 3.90. The second kappa shape index (κ2) is 4.13. The first-order chi connectivity index (χ1) is 6.57. The van der Waals surface area contributed by atoms with E-state index < -0.39 is 12.4 Å². The molecule has 0 aliphatic heterocycles. The number of halogens is 2. The Hall–Kier alpha value is -1.52. The lowest BCUT2D eigenvalue weighted by Crippen LogP contribution is -2.08. The maximum atomic E-state index is 12.5. The predicted molar refractivity (Wildman–Crippen MR) is 45.3 cm³/mol. The average molecular weight is 201 g/mol. The van der Waals surface area contributed by atoms with Crippen molar-refractivity contribution in [2.45, 2.75) is 13.3 Å². The van der Waals surface area contributed by atoms with Crippen LogP contribution in [0.3, 0.4) is 0 Å². The molecular weight excluding hydrogens is 192 g/mol. The van der Waals surface area contributed by atoms with Crippen LogP contribution in [-0.2, 0) is 4.74 Å². The van der Waals surface area contributed by atoms with E-state index >= 15 is 0 Å². The smallest absolute Gasteiger partial charge is 0.338 e. The molecule has 3 nitrogen and oxygen atoms in total. The normalized spacial score (nSPS) is 10.4. The number of aromatic nitrogens is 1. The number of pyridine rings is 1. The fourth-order valence-corrected chi connectivity index (χ4v) is 1.14. The van der Waals surface area contributed by atoms with Gasteiger partial charge in [-0.2, -0.15) is 0 Å². The highest BCUT2D eigenvalue weighted by atomic mass is 19.3. The van der Waals surface area contributed by atoms with Crippen molar-refractivity contribution in [2.24, 2.45) is 0 Å². The molecule has 0 aliphatic carbocycles. The summed E-state index contributed by atoms with van der Waals surface area (Å²) >= 11 is 0. The van der Waals surface area contributed by atoms with Crippen LogP contribution in [0.4, 0.5) is 8.78 Å². The molecule has 0 saturated heterocycles. The standard InChI is InChI=1S/C9H9F2NO2/c1-5-7(8(10)11)6(3-4-12-5)9(13)14-2/h3-4,8H,1-2H3. The number of carbonyl (C=O) groups is 1. The summed E-state index contributed by atoms with van der Waals surface area (Å²) in [5.41, 5.74) is -0.350. The molecule has 1 aromatic rings. The van der Waals surface area contributed by atoms with Gasteiger partial charge in [0.05, 0.1) is 18.2 Å². The zero-order chi connectivity index (χ0) is 10.7. The molecular formula is C9H9F2NO2. The zero-order valence-electron chi connectivity index (χ0n) is 7.75. The topological polar surface area (TPSA) is 39.2 Å². The van der Waals surface area contributed by atoms with Crippen LogP contribution in [-0.4, -0.2) is 18.1 Å². The van der Waals surface area contributed by atoms with Crippen LogP contribution in [0, 0.1) is 6.92 Å². The molecule has 1 heterocycles. The van der Waals surface area contributed by atoms with Gasteiger partial charge in [0, 0.05) is 11.9 Å². The number of aryl methyl sites for hydroxylation is 1. The van der Waals surface area contributed by atoms with E-state index in [0.717, 1.165) is 7.11 Å². The number of methoxy groups -OCH3 is 1. The Morgan fingerprint density at radius 3 is 2.71 bits per heavy atom. The summed E-state index contributed by atoms with van der Waals surface area (Å²) < 4.78 is 29.5. The molecule has 0 fully saturated rings. The largest absolute Gasteiger partial charge is 0.465 e. The van der Waals surface area contributed by atoms with Gasteiger partial charge in [0.1, 0.15) is 0 Å². The van der Waals surface area contributed by atoms with Gasteiger partial charge in [-0.3, -0.25) is 4.98 Å². The van der Waals surface area contributed by atoms with Crippen LogP contribution < -0.4 is 0 Å². The van der Waals surface area contributed by atoms with Gasteiger partial charge in [-0.05, 0) is 13.0 Å². The molecule has 0 unspecified atom stereocenters. The van der Waals surface area contributed by atoms with Crippen molar-refractivity contribution >= 4 is 5.97 Å². The highest BCUT2D eigenvalue weighted by molar-refractivity contribution is 5.91. The lowest BCUT2D eigenvalue weighted by molar-refractivity contribution is 0.0588. The quantitative estimate of drug-likeness (QED) is 0.688. The van der Waals surface area contributed by atoms with E-state index in [1.165, 1.54) is 19.2 Å². The first kappa shape index (κ1) is 10.6. The first-order valence-electron chi connectivity index (χ1n) is 3.90. The van der Waals surface area contributed by atoms with Crippen molar-refractivity contribution in [3.05, 3.63) is 29.1 Å². The van der Waals surface area contributed by atoms with E-state index in [9.17, 15) is 13.6 Å². The Kier molecular flexibility index (Phi) is 3.11. The third kappa shape index (κ3) is 1.86. The molecule has 0 aliphatic rings. The molecule has 14 heavy (non-hydrogen) atoms. The third-order valence-electron chi connectivity index (χ3n) is 1.81. The lowest BCUT2D eigenvalue weighted by atomic mass is 10.1. The summed E-state index contributed by atoms with van der Waals surface area (Å²) in [6.45, 7) is 1.42. The number of rotatable bonds is 2. The number of hydrogen-bond donors (Lipinski definition) is 0. The van der Waals surface area contributed by atoms with E-state index in [-0.39, 0.29) is 16.8 Å². The summed E-state index contributed by atoms with van der Waals surface area (Å²) in [6, 6.07) is 1.22. The zero-order valence-corrected chi connectivity index (χ0v) is 7.75. The lowest BCUT2D eigenvalue weighted by Gasteiger charge is -2.08. The van der Waals surface area contributed by atoms with E-state index in [0.29, 0.717) is 0 Å². The van der Waals surface area contributed by atoms with Crippen LogP contribution in [0.15, 0.2) is 12.3 Å². The number of hydrogen-bond acceptors (Lipinski definition) is 3. The molecule has 1 aromatic heterocycles. The van der Waals surface area contributed by atoms with Crippen LogP contribution in [0.25, 0.3) is 0 Å². The molecule has 0 amide bonds. The molecule has 0 spiro atoms. The molecule has 0 atom stereocenters. The van der Waals surface area contributed by atoms with Crippen LogP contribution in [0.2, 0.25) is 0 Å². The third-order valence-corrected chi connectivity index (χ3v) is 1.81. The van der Waals surface area contributed by atoms with Crippen molar-refractivity contribution < 1.29 is 18.3 Å². The maximum absolute atomic E-state index is 12.5. The minimum atomic E-state index is -2.72. The van der Waals surface area contributed by atoms with E-state index in [1.807, 2.05) is 0 Å². The number of carbonyl (C=O) groups excluding carboxylic acids is 1. The van der Waals surface area contributed by atoms with Crippen molar-refractivity contribution in [1.29, 1.82) is 0 Å². The molecule has 0 saturated carbocycles. The molecule has 1 rings (SSSR count). The summed E-state index contributed by atoms with van der Waals surface area (Å²) in [5.74, 6) is -0.772. The van der Waals surface area contributed by atoms with Gasteiger partial charge in [-0.15, -0.1) is 0 Å². The van der Waals surface area contributed by atoms with E-state index in [2.05, 4.69) is 9.72 Å². The summed E-state index contributed by atoms with van der Waals surface area (Å²) in [5, 5.41) is 0. The predicted octanol–water partition coefficient (Wildman–Crippen LogP) is 2.11. The van der Waals surface area contributed by atoms with Crippen molar-refractivity contribution in [1.82, 2.24) is 4.98 Å². The monoisotopic (exact) mass is 201 g/mol. The van der Waals surface area contributed by atoms with E-state index in [4.69, 9.17) is 0 Å². The average Bonchev–Trinajstić information content (AvgIpc) is 2.15. The minimum Gasteiger partial charge on any atom is -0.465 e. The van der Waals surface area contributed by atoms with Crippen molar-refractivity contribution in [3.8, 4) is 0 Å². The molecule has 0 radical (unpaired) electrons. The fraction of sp³-hybridized carbons (Fsp3) is 0.333. The molecule has 0 N–H and O–H groups in total. The van der Waals surface area contributed by atoms with Crippen molar-refractivity contribution in [2.75, 3.05) is 7.11 Å². The van der Waals surface area contributed by atoms with Gasteiger partial charge in [-0.1, -0.05) is 0 Å². The molecule has 76 valence electrons. The van der Waals surface area contributed by atoms with Gasteiger partial charge in [0.25, 0.3) is 6.43 Å². The van der Waals surface area contributed by atoms with Gasteiger partial charge in [-0.25, -0.2) is 13.6 Å². The Morgan fingerprint density at radius 2 is 2.21 bits per heavy atom. The van der Waals surface area contributed by atoms with Gasteiger partial charge < -0.3 is 4.74 Å². The number of ether oxygens (including phenoxy) is 1. The minimum absolute atomic E-state index is 0.130. The summed E-state index contributed by atoms with van der Waals surface area (Å²) in [6.07, 6.45) is -1.43. The molecule has 0 aromatic carbocycles. The summed E-state index contributed by atoms with van der Waals surface area (Å²) in [4.78, 5) is 14.8. The Labute approximate surface area is 79.7 Å². The fourth-order valence-electron chi connectivity index (χ4n) is 1.14. The molecule has 0 bridgehead atoms. The second-order valence-electron chi connectivity index (χ2n) is 2.65. The highest BCUT2D eigenvalue weighted by Gasteiger charge is 2.21. The van der Waals surface area contributed by atoms with Gasteiger partial charge in [0.15, 0.2) is 0 Å². The number of nitrogens with zero attached hydrogens (tertiary/aromatic N) is 1. The SMILES string of the molecule is COC(=O)c1ccnc(C)c1C(F)F. The van der Waals surface area contributed by atoms with Gasteiger partial charge >= 0.3 is 5.97 Å². The number of alkyl halides is 2. The number of esters is 1. The Bertz CT molecular complexity index is 353. The van der Waals surface area contributed by atoms with Crippen LogP contribution >= 0.6 is 0 Å².